The van der Waals surface area contributed by atoms with Gasteiger partial charge in [0.15, 0.2) is 0 Å². The molecule has 0 atom stereocenters. The number of halogens is 1. The van der Waals surface area contributed by atoms with E-state index < -0.39 is 0 Å². The van der Waals surface area contributed by atoms with E-state index in [-0.39, 0.29) is 18.5 Å². The number of nitrogens with one attached hydrogen (secondary N) is 3. The lowest BCUT2D eigenvalue weighted by Gasteiger charge is -2.26. The van der Waals surface area contributed by atoms with Gasteiger partial charge in [-0.05, 0) is 42.4 Å². The predicted octanol–water partition coefficient (Wildman–Crippen LogP) is 3.08. The SMILES string of the molecule is CC1CCC(CNC(=O)CNC(=O)NCc2ccc(Cl)cc2)CC1. The highest BCUT2D eigenvalue weighted by Gasteiger charge is 2.18. The van der Waals surface area contributed by atoms with Gasteiger partial charge in [-0.15, -0.1) is 0 Å². The maximum absolute atomic E-state index is 11.8. The molecule has 132 valence electrons. The quantitative estimate of drug-likeness (QED) is 0.737. The number of rotatable bonds is 6. The average Bonchev–Trinajstić information content (AvgIpc) is 2.59. The Morgan fingerprint density at radius 1 is 1.04 bits per heavy atom. The summed E-state index contributed by atoms with van der Waals surface area (Å²) in [4.78, 5) is 23.5. The molecule has 2 rings (SSSR count). The Morgan fingerprint density at radius 2 is 1.71 bits per heavy atom. The van der Waals surface area contributed by atoms with E-state index in [0.717, 1.165) is 11.5 Å². The summed E-state index contributed by atoms with van der Waals surface area (Å²) < 4.78 is 0. The molecule has 0 aliphatic heterocycles. The highest BCUT2D eigenvalue weighted by atomic mass is 35.5. The molecule has 3 N–H and O–H groups in total. The summed E-state index contributed by atoms with van der Waals surface area (Å²) in [5.41, 5.74) is 0.950. The molecule has 0 radical (unpaired) electrons. The number of amides is 3. The van der Waals surface area contributed by atoms with Gasteiger partial charge in [-0.2, -0.15) is 0 Å². The third-order valence-corrected chi connectivity index (χ3v) is 4.75. The van der Waals surface area contributed by atoms with Crippen LogP contribution in [0.15, 0.2) is 24.3 Å². The Morgan fingerprint density at radius 3 is 2.38 bits per heavy atom. The van der Waals surface area contributed by atoms with Gasteiger partial charge in [-0.25, -0.2) is 4.79 Å². The van der Waals surface area contributed by atoms with Gasteiger partial charge in [-0.1, -0.05) is 43.5 Å². The molecule has 0 heterocycles. The fraction of sp³-hybridized carbons (Fsp3) is 0.556. The highest BCUT2D eigenvalue weighted by molar-refractivity contribution is 6.30. The minimum absolute atomic E-state index is 0.00439. The van der Waals surface area contributed by atoms with Gasteiger partial charge in [0.1, 0.15) is 0 Å². The Balaban J connectivity index is 1.57. The molecular weight excluding hydrogens is 326 g/mol. The van der Waals surface area contributed by atoms with Gasteiger partial charge in [0, 0.05) is 18.1 Å². The zero-order chi connectivity index (χ0) is 17.4. The number of hydrogen-bond acceptors (Lipinski definition) is 2. The molecule has 1 aliphatic carbocycles. The van der Waals surface area contributed by atoms with Gasteiger partial charge in [0.25, 0.3) is 0 Å². The van der Waals surface area contributed by atoms with Crippen molar-refractivity contribution in [3.63, 3.8) is 0 Å². The number of benzene rings is 1. The Labute approximate surface area is 148 Å². The summed E-state index contributed by atoms with van der Waals surface area (Å²) in [5, 5.41) is 8.85. The summed E-state index contributed by atoms with van der Waals surface area (Å²) in [7, 11) is 0. The summed E-state index contributed by atoms with van der Waals surface area (Å²) in [5.74, 6) is 1.24. The molecule has 1 saturated carbocycles. The highest BCUT2D eigenvalue weighted by Crippen LogP contribution is 2.27. The lowest BCUT2D eigenvalue weighted by molar-refractivity contribution is -0.120. The molecule has 1 aliphatic rings. The van der Waals surface area contributed by atoms with Gasteiger partial charge >= 0.3 is 6.03 Å². The van der Waals surface area contributed by atoms with Gasteiger partial charge in [-0.3, -0.25) is 4.79 Å². The molecule has 0 unspecified atom stereocenters. The van der Waals surface area contributed by atoms with E-state index in [1.807, 2.05) is 12.1 Å². The van der Waals surface area contributed by atoms with Crippen molar-refractivity contribution in [2.75, 3.05) is 13.1 Å². The van der Waals surface area contributed by atoms with Crippen LogP contribution in [0.4, 0.5) is 4.79 Å². The summed E-state index contributed by atoms with van der Waals surface area (Å²) >= 11 is 5.81. The molecule has 0 spiro atoms. The molecule has 0 aromatic heterocycles. The molecule has 1 fully saturated rings. The minimum Gasteiger partial charge on any atom is -0.354 e. The molecule has 6 heteroatoms. The zero-order valence-electron chi connectivity index (χ0n) is 14.1. The summed E-state index contributed by atoms with van der Waals surface area (Å²) in [6.07, 6.45) is 4.84. The lowest BCUT2D eigenvalue weighted by atomic mass is 9.83. The van der Waals surface area contributed by atoms with Crippen LogP contribution < -0.4 is 16.0 Å². The van der Waals surface area contributed by atoms with Gasteiger partial charge in [0.05, 0.1) is 6.54 Å². The van der Waals surface area contributed by atoms with Crippen LogP contribution in [0.3, 0.4) is 0 Å². The summed E-state index contributed by atoms with van der Waals surface area (Å²) in [6, 6.07) is 6.89. The normalized spacial score (nSPS) is 20.2. The van der Waals surface area contributed by atoms with E-state index in [1.54, 1.807) is 12.1 Å². The maximum Gasteiger partial charge on any atom is 0.315 e. The predicted molar refractivity (Wildman–Crippen MR) is 95.8 cm³/mol. The van der Waals surface area contributed by atoms with Crippen LogP contribution in [-0.2, 0) is 11.3 Å². The molecule has 5 nitrogen and oxygen atoms in total. The molecule has 3 amide bonds. The van der Waals surface area contributed by atoms with E-state index in [4.69, 9.17) is 11.6 Å². The Kier molecular flexibility index (Phi) is 7.37. The van der Waals surface area contributed by atoms with E-state index in [1.165, 1.54) is 25.7 Å². The lowest BCUT2D eigenvalue weighted by Crippen LogP contribution is -2.43. The van der Waals surface area contributed by atoms with Crippen molar-refractivity contribution in [3.8, 4) is 0 Å². The van der Waals surface area contributed by atoms with Gasteiger partial charge in [0.2, 0.25) is 5.91 Å². The third kappa shape index (κ3) is 6.79. The van der Waals surface area contributed by atoms with Crippen molar-refractivity contribution in [1.82, 2.24) is 16.0 Å². The number of urea groups is 1. The van der Waals surface area contributed by atoms with Crippen LogP contribution >= 0.6 is 11.6 Å². The molecular formula is C18H26ClN3O2. The molecule has 1 aromatic carbocycles. The first-order valence-electron chi connectivity index (χ1n) is 8.55. The number of carbonyl (C=O) groups is 2. The largest absolute Gasteiger partial charge is 0.354 e. The average molecular weight is 352 g/mol. The van der Waals surface area contributed by atoms with Crippen molar-refractivity contribution >= 4 is 23.5 Å². The third-order valence-electron chi connectivity index (χ3n) is 4.50. The van der Waals surface area contributed by atoms with Crippen molar-refractivity contribution in [2.45, 2.75) is 39.2 Å². The van der Waals surface area contributed by atoms with E-state index in [9.17, 15) is 9.59 Å². The van der Waals surface area contributed by atoms with E-state index in [2.05, 4.69) is 22.9 Å². The van der Waals surface area contributed by atoms with E-state index >= 15 is 0 Å². The van der Waals surface area contributed by atoms with Crippen LogP contribution in [0.5, 0.6) is 0 Å². The number of hydrogen-bond donors (Lipinski definition) is 3. The first kappa shape index (κ1) is 18.6. The van der Waals surface area contributed by atoms with E-state index in [0.29, 0.717) is 24.0 Å². The smallest absolute Gasteiger partial charge is 0.315 e. The van der Waals surface area contributed by atoms with Crippen molar-refractivity contribution in [2.24, 2.45) is 11.8 Å². The fourth-order valence-corrected chi connectivity index (χ4v) is 2.99. The van der Waals surface area contributed by atoms with Crippen LogP contribution in [0, 0.1) is 11.8 Å². The standard InChI is InChI=1S/C18H26ClN3O2/c1-13-2-4-14(5-3-13)10-20-17(23)12-22-18(24)21-11-15-6-8-16(19)9-7-15/h6-9,13-14H,2-5,10-12H2,1H3,(H,20,23)(H2,21,22,24). The molecule has 0 bridgehead atoms. The molecule has 0 saturated heterocycles. The van der Waals surface area contributed by atoms with Crippen LogP contribution in [0.2, 0.25) is 5.02 Å². The van der Waals surface area contributed by atoms with Crippen LogP contribution in [0.1, 0.15) is 38.2 Å². The Hall–Kier alpha value is -1.75. The first-order valence-corrected chi connectivity index (χ1v) is 8.93. The fourth-order valence-electron chi connectivity index (χ4n) is 2.86. The second-order valence-electron chi connectivity index (χ2n) is 6.59. The van der Waals surface area contributed by atoms with Gasteiger partial charge < -0.3 is 16.0 Å². The van der Waals surface area contributed by atoms with Crippen molar-refractivity contribution in [1.29, 1.82) is 0 Å². The van der Waals surface area contributed by atoms with Crippen LogP contribution in [-0.4, -0.2) is 25.0 Å². The zero-order valence-corrected chi connectivity index (χ0v) is 14.9. The first-order chi connectivity index (χ1) is 11.5. The van der Waals surface area contributed by atoms with Crippen LogP contribution in [0.25, 0.3) is 0 Å². The van der Waals surface area contributed by atoms with Crippen molar-refractivity contribution < 1.29 is 9.59 Å². The topological polar surface area (TPSA) is 70.2 Å². The second-order valence-corrected chi connectivity index (χ2v) is 7.03. The minimum atomic E-state index is -0.355. The number of carbonyl (C=O) groups excluding carboxylic acids is 2. The maximum atomic E-state index is 11.8. The Bertz CT molecular complexity index is 540. The van der Waals surface area contributed by atoms with Crippen molar-refractivity contribution in [3.05, 3.63) is 34.9 Å². The monoisotopic (exact) mass is 351 g/mol. The molecule has 1 aromatic rings. The second kappa shape index (κ2) is 9.52. The summed E-state index contributed by atoms with van der Waals surface area (Å²) in [6.45, 7) is 3.38. The molecule has 24 heavy (non-hydrogen) atoms.